The van der Waals surface area contributed by atoms with Crippen molar-refractivity contribution in [1.29, 1.82) is 0 Å². The van der Waals surface area contributed by atoms with E-state index in [9.17, 15) is 4.39 Å². The molecule has 1 unspecified atom stereocenters. The highest BCUT2D eigenvalue weighted by Gasteiger charge is 2.28. The molecule has 160 valence electrons. The summed E-state index contributed by atoms with van der Waals surface area (Å²) >= 11 is 0. The Morgan fingerprint density at radius 1 is 0.903 bits per heavy atom. The van der Waals surface area contributed by atoms with Crippen molar-refractivity contribution in [2.45, 2.75) is 38.5 Å². The number of methoxy groups -OCH3 is 2. The van der Waals surface area contributed by atoms with E-state index in [1.54, 1.807) is 26.4 Å². The minimum atomic E-state index is -0.151. The van der Waals surface area contributed by atoms with E-state index in [0.29, 0.717) is 6.42 Å². The van der Waals surface area contributed by atoms with Gasteiger partial charge in [0.05, 0.1) is 14.2 Å². The van der Waals surface area contributed by atoms with Crippen LogP contribution in [0.3, 0.4) is 0 Å². The van der Waals surface area contributed by atoms with Crippen molar-refractivity contribution in [3.8, 4) is 11.5 Å². The molecule has 31 heavy (non-hydrogen) atoms. The third-order valence-electron chi connectivity index (χ3n) is 6.24. The van der Waals surface area contributed by atoms with Crippen molar-refractivity contribution in [2.75, 3.05) is 14.2 Å². The molecule has 0 aliphatic heterocycles. The molecular weight excluding hydrogens is 387 g/mol. The summed E-state index contributed by atoms with van der Waals surface area (Å²) in [5.41, 5.74) is 7.11. The number of hydrogen-bond donors (Lipinski definition) is 0. The molecule has 0 N–H and O–H groups in total. The van der Waals surface area contributed by atoms with Gasteiger partial charge in [0.25, 0.3) is 0 Å². The summed E-state index contributed by atoms with van der Waals surface area (Å²) in [4.78, 5) is 0. The topological polar surface area (TPSA) is 18.5 Å². The van der Waals surface area contributed by atoms with E-state index >= 15 is 0 Å². The Morgan fingerprint density at radius 3 is 2.29 bits per heavy atom. The average Bonchev–Trinajstić information content (AvgIpc) is 2.81. The van der Waals surface area contributed by atoms with Gasteiger partial charge in [0.2, 0.25) is 0 Å². The standard InChI is InChI=1S/C28H29FO2/c1-4-7-24-25(19-10-13-22(30-2)14-11-19)16-20-12-15-23(31-3)18-26(20)27(24)17-21-8-5-6-9-28(21)29/h5-6,8-15,18,25H,4,7,16-17H2,1-3H3. The zero-order valence-electron chi connectivity index (χ0n) is 18.5. The third-order valence-corrected chi connectivity index (χ3v) is 6.24. The number of hydrogen-bond acceptors (Lipinski definition) is 2. The van der Waals surface area contributed by atoms with Gasteiger partial charge >= 0.3 is 0 Å². The highest BCUT2D eigenvalue weighted by Crippen LogP contribution is 2.45. The maximum atomic E-state index is 14.6. The summed E-state index contributed by atoms with van der Waals surface area (Å²) in [5.74, 6) is 1.82. The van der Waals surface area contributed by atoms with Crippen LogP contribution in [-0.2, 0) is 12.8 Å². The smallest absolute Gasteiger partial charge is 0.126 e. The van der Waals surface area contributed by atoms with Gasteiger partial charge in [-0.2, -0.15) is 0 Å². The first-order chi connectivity index (χ1) is 15.1. The zero-order chi connectivity index (χ0) is 21.8. The van der Waals surface area contributed by atoms with E-state index in [4.69, 9.17) is 9.47 Å². The van der Waals surface area contributed by atoms with E-state index in [0.717, 1.165) is 36.3 Å². The molecule has 0 spiro atoms. The minimum absolute atomic E-state index is 0.151. The Balaban J connectivity index is 1.88. The Morgan fingerprint density at radius 2 is 1.61 bits per heavy atom. The van der Waals surface area contributed by atoms with Crippen LogP contribution in [0.5, 0.6) is 11.5 Å². The van der Waals surface area contributed by atoms with Gasteiger partial charge in [0, 0.05) is 12.3 Å². The SMILES string of the molecule is CCCC1=C(Cc2ccccc2F)c2cc(OC)ccc2CC1c1ccc(OC)cc1. The molecule has 0 aromatic heterocycles. The first-order valence-corrected chi connectivity index (χ1v) is 10.9. The lowest BCUT2D eigenvalue weighted by Crippen LogP contribution is -2.17. The maximum absolute atomic E-state index is 14.6. The fraction of sp³-hybridized carbons (Fsp3) is 0.286. The van der Waals surface area contributed by atoms with Gasteiger partial charge in [-0.15, -0.1) is 0 Å². The molecule has 0 heterocycles. The Hall–Kier alpha value is -3.07. The van der Waals surface area contributed by atoms with Gasteiger partial charge in [-0.3, -0.25) is 0 Å². The highest BCUT2D eigenvalue weighted by molar-refractivity contribution is 5.77. The number of allylic oxidation sites excluding steroid dienone is 2. The monoisotopic (exact) mass is 416 g/mol. The first kappa shape index (κ1) is 21.2. The summed E-state index contributed by atoms with van der Waals surface area (Å²) in [6, 6.07) is 21.8. The van der Waals surface area contributed by atoms with Gasteiger partial charge in [-0.05, 0) is 71.0 Å². The second-order valence-electron chi connectivity index (χ2n) is 8.07. The predicted octanol–water partition coefficient (Wildman–Crippen LogP) is 6.98. The summed E-state index contributed by atoms with van der Waals surface area (Å²) in [6.45, 7) is 2.21. The van der Waals surface area contributed by atoms with Crippen LogP contribution in [-0.4, -0.2) is 14.2 Å². The van der Waals surface area contributed by atoms with Crippen LogP contribution in [0, 0.1) is 5.82 Å². The van der Waals surface area contributed by atoms with E-state index in [1.165, 1.54) is 27.8 Å². The Kier molecular flexibility index (Phi) is 6.41. The van der Waals surface area contributed by atoms with Gasteiger partial charge in [-0.25, -0.2) is 4.39 Å². The Bertz CT molecular complexity index is 1080. The molecule has 3 heteroatoms. The number of benzene rings is 3. The van der Waals surface area contributed by atoms with Crippen LogP contribution < -0.4 is 9.47 Å². The van der Waals surface area contributed by atoms with Crippen molar-refractivity contribution in [3.05, 3.63) is 100 Å². The molecular formula is C28H29FO2. The number of ether oxygens (including phenoxy) is 2. The highest BCUT2D eigenvalue weighted by atomic mass is 19.1. The third kappa shape index (κ3) is 4.36. The molecule has 0 fully saturated rings. The van der Waals surface area contributed by atoms with Crippen LogP contribution in [0.2, 0.25) is 0 Å². The van der Waals surface area contributed by atoms with Crippen LogP contribution in [0.4, 0.5) is 4.39 Å². The Labute approximate surface area is 184 Å². The molecule has 0 saturated carbocycles. The summed E-state index contributed by atoms with van der Waals surface area (Å²) in [5, 5.41) is 0. The molecule has 1 aliphatic rings. The molecule has 1 atom stereocenters. The fourth-order valence-electron chi connectivity index (χ4n) is 4.66. The van der Waals surface area contributed by atoms with Crippen LogP contribution >= 0.6 is 0 Å². The second kappa shape index (κ2) is 9.38. The summed E-state index contributed by atoms with van der Waals surface area (Å²) in [7, 11) is 3.38. The first-order valence-electron chi connectivity index (χ1n) is 10.9. The van der Waals surface area contributed by atoms with Gasteiger partial charge in [0.15, 0.2) is 0 Å². The van der Waals surface area contributed by atoms with E-state index in [1.807, 2.05) is 30.3 Å². The maximum Gasteiger partial charge on any atom is 0.126 e. The van der Waals surface area contributed by atoms with Gasteiger partial charge in [0.1, 0.15) is 17.3 Å². The lowest BCUT2D eigenvalue weighted by atomic mass is 9.72. The summed E-state index contributed by atoms with van der Waals surface area (Å²) in [6.07, 6.45) is 3.54. The van der Waals surface area contributed by atoms with Crippen LogP contribution in [0.1, 0.15) is 47.9 Å². The molecule has 3 aromatic rings. The molecule has 4 rings (SSSR count). The van der Waals surface area contributed by atoms with Crippen molar-refractivity contribution in [3.63, 3.8) is 0 Å². The number of fused-ring (bicyclic) bond motifs is 1. The van der Waals surface area contributed by atoms with E-state index < -0.39 is 0 Å². The van der Waals surface area contributed by atoms with Crippen molar-refractivity contribution in [2.24, 2.45) is 0 Å². The zero-order valence-corrected chi connectivity index (χ0v) is 18.5. The van der Waals surface area contributed by atoms with E-state index in [2.05, 4.69) is 31.2 Å². The van der Waals surface area contributed by atoms with Gasteiger partial charge in [-0.1, -0.05) is 55.3 Å². The minimum Gasteiger partial charge on any atom is -0.497 e. The van der Waals surface area contributed by atoms with Crippen LogP contribution in [0.15, 0.2) is 72.3 Å². The molecule has 2 nitrogen and oxygen atoms in total. The summed E-state index contributed by atoms with van der Waals surface area (Å²) < 4.78 is 25.5. The molecule has 1 aliphatic carbocycles. The lowest BCUT2D eigenvalue weighted by Gasteiger charge is -2.32. The lowest BCUT2D eigenvalue weighted by molar-refractivity contribution is 0.414. The molecule has 0 amide bonds. The second-order valence-corrected chi connectivity index (χ2v) is 8.07. The largest absolute Gasteiger partial charge is 0.497 e. The molecule has 0 saturated heterocycles. The number of halogens is 1. The molecule has 0 radical (unpaired) electrons. The fourth-order valence-corrected chi connectivity index (χ4v) is 4.66. The normalized spacial score (nSPS) is 15.5. The van der Waals surface area contributed by atoms with Crippen LogP contribution in [0.25, 0.3) is 5.57 Å². The quantitative estimate of drug-likeness (QED) is 0.414. The predicted molar refractivity (Wildman–Crippen MR) is 124 cm³/mol. The van der Waals surface area contributed by atoms with E-state index in [-0.39, 0.29) is 11.7 Å². The molecule has 3 aromatic carbocycles. The van der Waals surface area contributed by atoms with Crippen molar-refractivity contribution in [1.82, 2.24) is 0 Å². The number of rotatable bonds is 7. The average molecular weight is 417 g/mol. The van der Waals surface area contributed by atoms with Gasteiger partial charge < -0.3 is 9.47 Å². The molecule has 0 bridgehead atoms. The van der Waals surface area contributed by atoms with Crippen molar-refractivity contribution >= 4 is 5.57 Å². The van der Waals surface area contributed by atoms with Crippen molar-refractivity contribution < 1.29 is 13.9 Å².